The van der Waals surface area contributed by atoms with Gasteiger partial charge in [-0.25, -0.2) is 9.69 Å². The highest BCUT2D eigenvalue weighted by molar-refractivity contribution is 6.30. The number of carbonyl (C=O) groups excluding carboxylic acids is 2. The molecular weight excluding hydrogens is 290 g/mol. The molecule has 1 aliphatic rings. The first-order valence-electron chi connectivity index (χ1n) is 6.87. The van der Waals surface area contributed by atoms with Crippen LogP contribution in [0.5, 0.6) is 0 Å². The molecule has 3 amide bonds. The number of urea groups is 1. The molecule has 5 nitrogen and oxygen atoms in total. The maximum Gasteiger partial charge on any atom is 0.330 e. The molecule has 1 aromatic rings. The molecule has 0 saturated carbocycles. The summed E-state index contributed by atoms with van der Waals surface area (Å²) in [4.78, 5) is 27.4. The molecule has 0 bridgehead atoms. The molecule has 0 aliphatic carbocycles. The molecule has 0 aromatic heterocycles. The molecule has 1 aliphatic heterocycles. The maximum absolute atomic E-state index is 12.3. The average Bonchev–Trinajstić information content (AvgIpc) is 2.74. The van der Waals surface area contributed by atoms with Gasteiger partial charge in [0.1, 0.15) is 5.70 Å². The van der Waals surface area contributed by atoms with Crippen molar-refractivity contribution in [3.63, 3.8) is 0 Å². The number of amides is 3. The second-order valence-corrected chi connectivity index (χ2v) is 5.15. The molecule has 2 rings (SSSR count). The van der Waals surface area contributed by atoms with Crippen molar-refractivity contribution in [1.29, 1.82) is 0 Å². The fourth-order valence-corrected chi connectivity index (χ4v) is 2.18. The number of nitrogens with one attached hydrogen (secondary N) is 1. The van der Waals surface area contributed by atoms with Gasteiger partial charge in [-0.2, -0.15) is 0 Å². The summed E-state index contributed by atoms with van der Waals surface area (Å²) in [7, 11) is 0. The second-order valence-electron chi connectivity index (χ2n) is 4.72. The second kappa shape index (κ2) is 6.74. The Morgan fingerprint density at radius 2 is 1.81 bits per heavy atom. The third-order valence-electron chi connectivity index (χ3n) is 3.38. The molecule has 1 saturated heterocycles. The Morgan fingerprint density at radius 1 is 1.19 bits per heavy atom. The predicted molar refractivity (Wildman–Crippen MR) is 82.6 cm³/mol. The van der Waals surface area contributed by atoms with Crippen molar-refractivity contribution in [1.82, 2.24) is 15.1 Å². The summed E-state index contributed by atoms with van der Waals surface area (Å²) in [5, 5.41) is 3.24. The van der Waals surface area contributed by atoms with Crippen LogP contribution >= 0.6 is 11.6 Å². The smallest absolute Gasteiger partial charge is 0.303 e. The molecule has 1 heterocycles. The molecule has 1 fully saturated rings. The van der Waals surface area contributed by atoms with Gasteiger partial charge in [-0.05, 0) is 36.9 Å². The van der Waals surface area contributed by atoms with E-state index in [1.165, 1.54) is 4.90 Å². The lowest BCUT2D eigenvalue weighted by atomic mass is 10.2. The Kier molecular flexibility index (Phi) is 4.98. The summed E-state index contributed by atoms with van der Waals surface area (Å²) in [5.41, 5.74) is 1.10. The van der Waals surface area contributed by atoms with Crippen LogP contribution in [0.15, 0.2) is 30.0 Å². The van der Waals surface area contributed by atoms with E-state index in [0.717, 1.165) is 18.7 Å². The molecule has 0 spiro atoms. The molecule has 21 heavy (non-hydrogen) atoms. The van der Waals surface area contributed by atoms with Crippen molar-refractivity contribution in [3.05, 3.63) is 40.5 Å². The Morgan fingerprint density at radius 3 is 2.38 bits per heavy atom. The first kappa shape index (κ1) is 15.5. The van der Waals surface area contributed by atoms with Crippen molar-refractivity contribution >= 4 is 29.6 Å². The highest BCUT2D eigenvalue weighted by Crippen LogP contribution is 2.16. The van der Waals surface area contributed by atoms with Crippen LogP contribution in [0.25, 0.3) is 6.08 Å². The first-order chi connectivity index (χ1) is 10.0. The van der Waals surface area contributed by atoms with Crippen LogP contribution < -0.4 is 5.32 Å². The van der Waals surface area contributed by atoms with E-state index in [0.29, 0.717) is 11.7 Å². The predicted octanol–water partition coefficient (Wildman–Crippen LogP) is 2.53. The Labute approximate surface area is 129 Å². The summed E-state index contributed by atoms with van der Waals surface area (Å²) in [5.74, 6) is -0.304. The lowest BCUT2D eigenvalue weighted by Gasteiger charge is -2.22. The molecule has 1 N–H and O–H groups in total. The van der Waals surface area contributed by atoms with Crippen LogP contribution in [0.3, 0.4) is 0 Å². The summed E-state index contributed by atoms with van der Waals surface area (Å²) >= 11 is 5.82. The quantitative estimate of drug-likeness (QED) is 0.672. The van der Waals surface area contributed by atoms with Gasteiger partial charge in [-0.15, -0.1) is 0 Å². The minimum atomic E-state index is -0.382. The number of carbonyl (C=O) groups is 2. The molecule has 0 unspecified atom stereocenters. The van der Waals surface area contributed by atoms with Crippen molar-refractivity contribution in [2.24, 2.45) is 0 Å². The fourth-order valence-electron chi connectivity index (χ4n) is 2.05. The van der Waals surface area contributed by atoms with E-state index >= 15 is 0 Å². The number of benzene rings is 1. The van der Waals surface area contributed by atoms with Crippen LogP contribution in [0.4, 0.5) is 4.79 Å². The Balaban J connectivity index is 2.15. The normalized spacial score (nSPS) is 17.0. The number of halogens is 1. The lowest BCUT2D eigenvalue weighted by molar-refractivity contribution is -0.124. The van der Waals surface area contributed by atoms with Crippen molar-refractivity contribution in [3.8, 4) is 0 Å². The van der Waals surface area contributed by atoms with Gasteiger partial charge in [0.25, 0.3) is 5.91 Å². The van der Waals surface area contributed by atoms with E-state index < -0.39 is 0 Å². The van der Waals surface area contributed by atoms with Gasteiger partial charge in [0, 0.05) is 5.02 Å². The zero-order chi connectivity index (χ0) is 15.4. The van der Waals surface area contributed by atoms with Crippen molar-refractivity contribution in [2.45, 2.75) is 13.8 Å². The third kappa shape index (κ3) is 3.62. The average molecular weight is 308 g/mol. The van der Waals surface area contributed by atoms with Gasteiger partial charge >= 0.3 is 6.03 Å². The van der Waals surface area contributed by atoms with Crippen molar-refractivity contribution in [2.75, 3.05) is 19.8 Å². The van der Waals surface area contributed by atoms with Crippen LogP contribution in [0.1, 0.15) is 19.4 Å². The maximum atomic E-state index is 12.3. The topological polar surface area (TPSA) is 52.6 Å². The van der Waals surface area contributed by atoms with Gasteiger partial charge < -0.3 is 5.32 Å². The van der Waals surface area contributed by atoms with Crippen LogP contribution in [-0.4, -0.2) is 41.5 Å². The van der Waals surface area contributed by atoms with E-state index in [-0.39, 0.29) is 17.6 Å². The van der Waals surface area contributed by atoms with E-state index in [1.54, 1.807) is 30.3 Å². The standard InChI is InChI=1S/C15H18ClN3O2/c1-3-18(4-2)10-19-14(20)13(17-15(19)21)9-11-5-7-12(16)8-6-11/h5-9H,3-4,10H2,1-2H3,(H,17,21)/b13-9+. The Hall–Kier alpha value is -1.85. The van der Waals surface area contributed by atoms with Gasteiger partial charge in [-0.3, -0.25) is 9.69 Å². The zero-order valence-corrected chi connectivity index (χ0v) is 12.9. The highest BCUT2D eigenvalue weighted by atomic mass is 35.5. The highest BCUT2D eigenvalue weighted by Gasteiger charge is 2.34. The largest absolute Gasteiger partial charge is 0.330 e. The van der Waals surface area contributed by atoms with Gasteiger partial charge in [0.2, 0.25) is 0 Å². The van der Waals surface area contributed by atoms with E-state index in [9.17, 15) is 9.59 Å². The number of hydrogen-bond donors (Lipinski definition) is 1. The fraction of sp³-hybridized carbons (Fsp3) is 0.333. The minimum absolute atomic E-state index is 0.287. The minimum Gasteiger partial charge on any atom is -0.303 e. The number of hydrogen-bond acceptors (Lipinski definition) is 3. The molecule has 0 atom stereocenters. The van der Waals surface area contributed by atoms with Gasteiger partial charge in [0.05, 0.1) is 6.67 Å². The third-order valence-corrected chi connectivity index (χ3v) is 3.63. The summed E-state index contributed by atoms with van der Waals surface area (Å²) in [6.45, 7) is 5.85. The van der Waals surface area contributed by atoms with E-state index in [1.807, 2.05) is 18.7 Å². The van der Waals surface area contributed by atoms with Gasteiger partial charge in [-0.1, -0.05) is 37.6 Å². The zero-order valence-electron chi connectivity index (χ0n) is 12.1. The molecule has 0 radical (unpaired) electrons. The Bertz CT molecular complexity index is 565. The molecule has 1 aromatic carbocycles. The summed E-state index contributed by atoms with van der Waals surface area (Å²) in [6, 6.07) is 6.68. The first-order valence-corrected chi connectivity index (χ1v) is 7.25. The van der Waals surface area contributed by atoms with Crippen LogP contribution in [-0.2, 0) is 4.79 Å². The molecule has 6 heteroatoms. The van der Waals surface area contributed by atoms with Crippen LogP contribution in [0, 0.1) is 0 Å². The van der Waals surface area contributed by atoms with E-state index in [4.69, 9.17) is 11.6 Å². The van der Waals surface area contributed by atoms with Crippen molar-refractivity contribution < 1.29 is 9.59 Å². The monoisotopic (exact) mass is 307 g/mol. The van der Waals surface area contributed by atoms with Crippen LogP contribution in [0.2, 0.25) is 5.02 Å². The number of rotatable bonds is 5. The number of imide groups is 1. The SMILES string of the molecule is CCN(CC)CN1C(=O)N/C(=C/c2ccc(Cl)cc2)C1=O. The molecule has 112 valence electrons. The van der Waals surface area contributed by atoms with Gasteiger partial charge in [0.15, 0.2) is 0 Å². The number of nitrogens with zero attached hydrogens (tertiary/aromatic N) is 2. The van der Waals surface area contributed by atoms with E-state index in [2.05, 4.69) is 5.32 Å². The lowest BCUT2D eigenvalue weighted by Crippen LogP contribution is -2.41. The summed E-state index contributed by atoms with van der Waals surface area (Å²) in [6.07, 6.45) is 1.65. The summed E-state index contributed by atoms with van der Waals surface area (Å²) < 4.78 is 0. The molecular formula is C15H18ClN3O2.